The molecule has 0 aromatic heterocycles. The Morgan fingerprint density at radius 1 is 0.824 bits per heavy atom. The van der Waals surface area contributed by atoms with Gasteiger partial charge >= 0.3 is 118 Å². The van der Waals surface area contributed by atoms with Crippen LogP contribution in [0.15, 0.2) is 0 Å². The summed E-state index contributed by atoms with van der Waals surface area (Å²) in [7, 11) is 0. The summed E-state index contributed by atoms with van der Waals surface area (Å²) in [6, 6.07) is 0. The molecule has 0 amide bonds. The van der Waals surface area contributed by atoms with Crippen LogP contribution in [0.2, 0.25) is 0 Å². The molecule has 0 N–H and O–H groups in total. The van der Waals surface area contributed by atoms with Gasteiger partial charge in [-0.05, 0) is 0 Å². The van der Waals surface area contributed by atoms with Crippen LogP contribution in [0.5, 0.6) is 0 Å². The molecule has 0 fully saturated rings. The van der Waals surface area contributed by atoms with Gasteiger partial charge in [-0.25, -0.2) is 0 Å². The second kappa shape index (κ2) is 14.6. The zero-order valence-electron chi connectivity index (χ0n) is 11.7. The van der Waals surface area contributed by atoms with E-state index in [0.717, 1.165) is 12.8 Å². The maximum absolute atomic E-state index is 10.7. The minimum absolute atomic E-state index is 0.303. The second-order valence-corrected chi connectivity index (χ2v) is 6.02. The molecule has 3 heteroatoms. The summed E-state index contributed by atoms with van der Waals surface area (Å²) in [6.07, 6.45) is 14.3. The van der Waals surface area contributed by atoms with Crippen LogP contribution in [0.4, 0.5) is 0 Å². The van der Waals surface area contributed by atoms with Gasteiger partial charge in [-0.15, -0.1) is 0 Å². The first-order valence-corrected chi connectivity index (χ1v) is 9.71. The fourth-order valence-corrected chi connectivity index (χ4v) is 3.17. The fraction of sp³-hybridized carbons (Fsp3) is 1.00. The molecule has 17 heavy (non-hydrogen) atoms. The third kappa shape index (κ3) is 12.8. The molecule has 0 aliphatic heterocycles. The van der Waals surface area contributed by atoms with E-state index >= 15 is 0 Å². The first-order chi connectivity index (χ1) is 8.35. The fourth-order valence-electron chi connectivity index (χ4n) is 2.10. The van der Waals surface area contributed by atoms with Crippen molar-refractivity contribution in [1.82, 2.24) is 0 Å². The van der Waals surface area contributed by atoms with Crippen molar-refractivity contribution in [2.24, 2.45) is 0 Å². The number of rotatable bonds is 13. The quantitative estimate of drug-likeness (QED) is 0.357. The summed E-state index contributed by atoms with van der Waals surface area (Å²) in [5.41, 5.74) is 0. The van der Waals surface area contributed by atoms with Crippen LogP contribution in [0, 0.1) is 0 Å². The van der Waals surface area contributed by atoms with E-state index in [1.807, 2.05) is 0 Å². The summed E-state index contributed by atoms with van der Waals surface area (Å²) in [4.78, 5) is 0. The van der Waals surface area contributed by atoms with Gasteiger partial charge in [0.2, 0.25) is 0 Å². The summed E-state index contributed by atoms with van der Waals surface area (Å²) < 4.78 is 16.1. The zero-order valence-corrected chi connectivity index (χ0v) is 14.5. The Morgan fingerprint density at radius 3 is 1.88 bits per heavy atom. The molecule has 0 rings (SSSR count). The molecule has 0 spiro atoms. The molecule has 0 bridgehead atoms. The van der Waals surface area contributed by atoms with Gasteiger partial charge in [0.05, 0.1) is 0 Å². The van der Waals surface area contributed by atoms with Crippen LogP contribution >= 0.6 is 0 Å². The molecule has 101 valence electrons. The Morgan fingerprint density at radius 2 is 1.29 bits per heavy atom. The van der Waals surface area contributed by atoms with E-state index in [-0.39, 0.29) is 0 Å². The van der Waals surface area contributed by atoms with Gasteiger partial charge in [-0.1, -0.05) is 0 Å². The molecule has 0 aromatic rings. The standard InChI is InChI=1S/C14H29O.O.Sn/c1-3-5-7-8-9-11-13-14(15)12-10-6-4-2;;/h14H,3-13H2,1-2H3;;/q-1;;+1. The van der Waals surface area contributed by atoms with Gasteiger partial charge in [0.1, 0.15) is 0 Å². The monoisotopic (exact) mass is 349 g/mol. The molecule has 1 radical (unpaired) electrons. The van der Waals surface area contributed by atoms with E-state index in [1.54, 1.807) is 0 Å². The van der Waals surface area contributed by atoms with Crippen molar-refractivity contribution < 1.29 is 6.15 Å². The average Bonchev–Trinajstić information content (AvgIpc) is 2.34. The van der Waals surface area contributed by atoms with E-state index in [9.17, 15) is 3.08 Å². The van der Waals surface area contributed by atoms with Crippen LogP contribution < -0.4 is 0 Å². The predicted octanol–water partition coefficient (Wildman–Crippen LogP) is 4.67. The average molecular weight is 348 g/mol. The van der Waals surface area contributed by atoms with E-state index in [0.29, 0.717) is 6.10 Å². The van der Waals surface area contributed by atoms with Crippen molar-refractivity contribution in [3.8, 4) is 0 Å². The van der Waals surface area contributed by atoms with Crippen molar-refractivity contribution in [3.05, 3.63) is 0 Å². The SMILES string of the molecule is CCCCCCCCC(CCCCC)[O][Sn]=[O]. The van der Waals surface area contributed by atoms with Crippen molar-refractivity contribution in [2.75, 3.05) is 0 Å². The number of hydrogen-bond donors (Lipinski definition) is 0. The van der Waals surface area contributed by atoms with Gasteiger partial charge in [0, 0.05) is 0 Å². The molecule has 0 aliphatic carbocycles. The van der Waals surface area contributed by atoms with Crippen LogP contribution in [0.3, 0.4) is 0 Å². The maximum atomic E-state index is 10.7. The second-order valence-electron chi connectivity index (χ2n) is 4.88. The Kier molecular flexibility index (Phi) is 15.1. The third-order valence-corrected chi connectivity index (χ3v) is 4.45. The van der Waals surface area contributed by atoms with E-state index < -0.39 is 21.5 Å². The summed E-state index contributed by atoms with van der Waals surface area (Å²) in [5.74, 6) is 0. The van der Waals surface area contributed by atoms with Gasteiger partial charge in [-0.3, -0.25) is 0 Å². The van der Waals surface area contributed by atoms with Gasteiger partial charge in [0.25, 0.3) is 0 Å². The van der Waals surface area contributed by atoms with Crippen molar-refractivity contribution in [2.45, 2.75) is 90.6 Å². The Balaban J connectivity index is 3.44. The number of unbranched alkanes of at least 4 members (excludes halogenated alkanes) is 7. The normalized spacial score (nSPS) is 12.6. The Labute approximate surface area is 118 Å². The third-order valence-electron chi connectivity index (χ3n) is 3.22. The molecule has 0 aliphatic rings. The van der Waals surface area contributed by atoms with Gasteiger partial charge < -0.3 is 0 Å². The molecule has 1 atom stereocenters. The predicted molar refractivity (Wildman–Crippen MR) is 73.4 cm³/mol. The first-order valence-electron chi connectivity index (χ1n) is 7.37. The molecule has 2 nitrogen and oxygen atoms in total. The molecule has 0 aromatic carbocycles. The van der Waals surface area contributed by atoms with Gasteiger partial charge in [-0.2, -0.15) is 0 Å². The van der Waals surface area contributed by atoms with E-state index in [2.05, 4.69) is 13.8 Å². The van der Waals surface area contributed by atoms with E-state index in [1.165, 1.54) is 57.8 Å². The molecule has 0 heterocycles. The van der Waals surface area contributed by atoms with E-state index in [4.69, 9.17) is 3.07 Å². The minimum atomic E-state index is -1.71. The summed E-state index contributed by atoms with van der Waals surface area (Å²) >= 11 is -1.71. The molecular formula is C14H29O2Sn. The van der Waals surface area contributed by atoms with Crippen LogP contribution in [-0.4, -0.2) is 27.6 Å². The van der Waals surface area contributed by atoms with Crippen LogP contribution in [0.25, 0.3) is 0 Å². The topological polar surface area (TPSA) is 26.3 Å². The first kappa shape index (κ1) is 17.6. The molecule has 0 saturated heterocycles. The van der Waals surface area contributed by atoms with Crippen LogP contribution in [-0.2, 0) is 6.15 Å². The Hall–Kier alpha value is 0.559. The van der Waals surface area contributed by atoms with Crippen LogP contribution in [0.1, 0.15) is 84.5 Å². The zero-order chi connectivity index (χ0) is 12.8. The molecular weight excluding hydrogens is 319 g/mol. The molecule has 0 saturated carbocycles. The van der Waals surface area contributed by atoms with Crippen molar-refractivity contribution in [1.29, 1.82) is 0 Å². The van der Waals surface area contributed by atoms with Gasteiger partial charge in [0.15, 0.2) is 0 Å². The van der Waals surface area contributed by atoms with Crippen molar-refractivity contribution in [3.63, 3.8) is 0 Å². The summed E-state index contributed by atoms with van der Waals surface area (Å²) in [6.45, 7) is 4.46. The summed E-state index contributed by atoms with van der Waals surface area (Å²) in [5, 5.41) is 0. The van der Waals surface area contributed by atoms with Crippen molar-refractivity contribution >= 4 is 21.5 Å². The molecule has 1 unspecified atom stereocenters. The Bertz CT molecular complexity index is 162. The number of hydrogen-bond acceptors (Lipinski definition) is 2.